The van der Waals surface area contributed by atoms with E-state index in [4.69, 9.17) is 4.74 Å². The third-order valence-corrected chi connectivity index (χ3v) is 5.97. The molecule has 0 atom stereocenters. The van der Waals surface area contributed by atoms with Gasteiger partial charge in [-0.15, -0.1) is 20.4 Å². The van der Waals surface area contributed by atoms with Crippen molar-refractivity contribution >= 4 is 34.1 Å². The molecule has 2 aromatic heterocycles. The Balaban J connectivity index is 1.57. The van der Waals surface area contributed by atoms with Gasteiger partial charge in [0.25, 0.3) is 0 Å². The zero-order valence-electron chi connectivity index (χ0n) is 16.9. The summed E-state index contributed by atoms with van der Waals surface area (Å²) in [6.45, 7) is 9.11. The van der Waals surface area contributed by atoms with Crippen molar-refractivity contribution in [1.82, 2.24) is 25.0 Å². The van der Waals surface area contributed by atoms with E-state index in [9.17, 15) is 4.79 Å². The number of ether oxygens (including phenoxy) is 1. The number of carbonyl (C=O) groups is 1. The lowest BCUT2D eigenvalue weighted by molar-refractivity contribution is -0.113. The van der Waals surface area contributed by atoms with Crippen LogP contribution in [0.2, 0.25) is 0 Å². The molecule has 1 amide bonds. The summed E-state index contributed by atoms with van der Waals surface area (Å²) in [6.07, 6.45) is 0.800. The molecule has 1 aromatic carbocycles. The van der Waals surface area contributed by atoms with Crippen LogP contribution in [0, 0.1) is 13.8 Å². The lowest BCUT2D eigenvalue weighted by atomic mass is 10.1. The van der Waals surface area contributed by atoms with Gasteiger partial charge in [0.1, 0.15) is 17.4 Å². The van der Waals surface area contributed by atoms with Crippen LogP contribution in [0.1, 0.15) is 35.8 Å². The second-order valence-corrected chi connectivity index (χ2v) is 8.45. The van der Waals surface area contributed by atoms with Crippen molar-refractivity contribution in [2.75, 3.05) is 11.1 Å². The quantitative estimate of drug-likeness (QED) is 0.516. The number of rotatable bonds is 9. The van der Waals surface area contributed by atoms with E-state index in [2.05, 4.69) is 31.8 Å². The molecular weight excluding hydrogens is 408 g/mol. The molecule has 8 nitrogen and oxygen atoms in total. The number of nitrogens with one attached hydrogen (secondary N) is 1. The van der Waals surface area contributed by atoms with Crippen molar-refractivity contribution < 1.29 is 9.53 Å². The van der Waals surface area contributed by atoms with E-state index >= 15 is 0 Å². The highest BCUT2D eigenvalue weighted by Gasteiger charge is 2.15. The van der Waals surface area contributed by atoms with Crippen molar-refractivity contribution in [3.63, 3.8) is 0 Å². The van der Waals surface area contributed by atoms with Gasteiger partial charge in [-0.3, -0.25) is 10.1 Å². The van der Waals surface area contributed by atoms with Crippen molar-refractivity contribution in [3.8, 4) is 5.75 Å². The molecule has 0 saturated heterocycles. The van der Waals surface area contributed by atoms with Crippen LogP contribution in [0.25, 0.3) is 0 Å². The second kappa shape index (κ2) is 9.84. The largest absolute Gasteiger partial charge is 0.486 e. The average Bonchev–Trinajstić information content (AvgIpc) is 3.30. The van der Waals surface area contributed by atoms with Crippen LogP contribution in [0.4, 0.5) is 5.13 Å². The molecule has 2 heterocycles. The molecule has 3 rings (SSSR count). The van der Waals surface area contributed by atoms with Crippen LogP contribution >= 0.6 is 23.1 Å². The Morgan fingerprint density at radius 1 is 1.14 bits per heavy atom. The van der Waals surface area contributed by atoms with E-state index in [-0.39, 0.29) is 11.7 Å². The molecular formula is C19H24N6O2S2. The number of nitrogens with zero attached hydrogens (tertiary/aromatic N) is 5. The summed E-state index contributed by atoms with van der Waals surface area (Å²) in [5.41, 5.74) is 2.31. The van der Waals surface area contributed by atoms with E-state index in [1.54, 1.807) is 0 Å². The summed E-state index contributed by atoms with van der Waals surface area (Å²) in [6, 6.07) is 6.10. The standard InChI is InChI=1S/C19H24N6O2S2/c1-5-17-22-23-18(29-17)20-16(26)11-28-19-24-21-15(25(19)6-2)10-27-14-8-12(3)7-13(4)9-14/h7-9H,5-6,10-11H2,1-4H3,(H,20,23,26). The highest BCUT2D eigenvalue weighted by atomic mass is 32.2. The van der Waals surface area contributed by atoms with Crippen molar-refractivity contribution in [2.24, 2.45) is 0 Å². The van der Waals surface area contributed by atoms with E-state index in [1.807, 2.05) is 44.4 Å². The SMILES string of the molecule is CCc1nnc(NC(=O)CSc2nnc(COc3cc(C)cc(C)c3)n2CC)s1. The molecule has 0 saturated carbocycles. The fourth-order valence-electron chi connectivity index (χ4n) is 2.75. The zero-order chi connectivity index (χ0) is 20.8. The van der Waals surface area contributed by atoms with E-state index in [1.165, 1.54) is 23.1 Å². The molecule has 0 aliphatic carbocycles. The molecule has 3 aromatic rings. The summed E-state index contributed by atoms with van der Waals surface area (Å²) in [7, 11) is 0. The van der Waals surface area contributed by atoms with Gasteiger partial charge in [-0.25, -0.2) is 0 Å². The van der Waals surface area contributed by atoms with E-state index < -0.39 is 0 Å². The number of hydrogen-bond acceptors (Lipinski definition) is 8. The van der Waals surface area contributed by atoms with Crippen molar-refractivity contribution in [3.05, 3.63) is 40.2 Å². The average molecular weight is 433 g/mol. The van der Waals surface area contributed by atoms with E-state index in [0.29, 0.717) is 23.4 Å². The Labute approximate surface area is 178 Å². The Hall–Kier alpha value is -2.46. The van der Waals surface area contributed by atoms with Crippen LogP contribution in [0.3, 0.4) is 0 Å². The number of hydrogen-bond donors (Lipinski definition) is 1. The van der Waals surface area contributed by atoms with Crippen molar-refractivity contribution in [2.45, 2.75) is 52.4 Å². The number of anilines is 1. The van der Waals surface area contributed by atoms with Gasteiger partial charge < -0.3 is 9.30 Å². The smallest absolute Gasteiger partial charge is 0.236 e. The number of carbonyl (C=O) groups excluding carboxylic acids is 1. The third kappa shape index (κ3) is 5.77. The highest BCUT2D eigenvalue weighted by Crippen LogP contribution is 2.21. The number of aromatic nitrogens is 5. The molecule has 0 aliphatic rings. The Morgan fingerprint density at radius 2 is 1.90 bits per heavy atom. The molecule has 0 bridgehead atoms. The molecule has 0 spiro atoms. The summed E-state index contributed by atoms with van der Waals surface area (Å²) >= 11 is 2.73. The molecule has 0 radical (unpaired) electrons. The topological polar surface area (TPSA) is 94.8 Å². The van der Waals surface area contributed by atoms with Crippen LogP contribution in [0.15, 0.2) is 23.4 Å². The maximum Gasteiger partial charge on any atom is 0.236 e. The summed E-state index contributed by atoms with van der Waals surface area (Å²) in [5, 5.41) is 21.3. The van der Waals surface area contributed by atoms with Gasteiger partial charge >= 0.3 is 0 Å². The molecule has 1 N–H and O–H groups in total. The first-order valence-electron chi connectivity index (χ1n) is 9.36. The summed E-state index contributed by atoms with van der Waals surface area (Å²) < 4.78 is 7.86. The van der Waals surface area contributed by atoms with Gasteiger partial charge in [0, 0.05) is 6.54 Å². The lowest BCUT2D eigenvalue weighted by Crippen LogP contribution is -2.14. The minimum atomic E-state index is -0.146. The fourth-order valence-corrected chi connectivity index (χ4v) is 4.26. The predicted octanol–water partition coefficient (Wildman–Crippen LogP) is 3.64. The molecule has 0 unspecified atom stereocenters. The van der Waals surface area contributed by atoms with Crippen molar-refractivity contribution in [1.29, 1.82) is 0 Å². The number of aryl methyl sites for hydroxylation is 3. The van der Waals surface area contributed by atoms with Gasteiger partial charge in [-0.2, -0.15) is 0 Å². The highest BCUT2D eigenvalue weighted by molar-refractivity contribution is 7.99. The normalized spacial score (nSPS) is 10.9. The summed E-state index contributed by atoms with van der Waals surface area (Å²) in [5.74, 6) is 1.61. The predicted molar refractivity (Wildman–Crippen MR) is 115 cm³/mol. The fraction of sp³-hybridized carbons (Fsp3) is 0.421. The lowest BCUT2D eigenvalue weighted by Gasteiger charge is -2.10. The van der Waals surface area contributed by atoms with Gasteiger partial charge in [0.05, 0.1) is 5.75 Å². The molecule has 0 aliphatic heterocycles. The van der Waals surface area contributed by atoms with Crippen LogP contribution in [0.5, 0.6) is 5.75 Å². The number of benzene rings is 1. The van der Waals surface area contributed by atoms with E-state index in [0.717, 1.165) is 34.1 Å². The minimum absolute atomic E-state index is 0.146. The zero-order valence-corrected chi connectivity index (χ0v) is 18.6. The summed E-state index contributed by atoms with van der Waals surface area (Å²) in [4.78, 5) is 12.2. The van der Waals surface area contributed by atoms with Crippen LogP contribution in [-0.4, -0.2) is 36.6 Å². The van der Waals surface area contributed by atoms with Gasteiger partial charge in [-0.1, -0.05) is 36.1 Å². The van der Waals surface area contributed by atoms with Crippen LogP contribution < -0.4 is 10.1 Å². The van der Waals surface area contributed by atoms with Crippen LogP contribution in [-0.2, 0) is 24.4 Å². The first kappa shape index (κ1) is 21.3. The minimum Gasteiger partial charge on any atom is -0.486 e. The van der Waals surface area contributed by atoms with Gasteiger partial charge in [-0.05, 0) is 50.5 Å². The maximum absolute atomic E-state index is 12.2. The molecule has 154 valence electrons. The first-order chi connectivity index (χ1) is 14.0. The van der Waals surface area contributed by atoms with Gasteiger partial charge in [0.2, 0.25) is 11.0 Å². The Kier molecular flexibility index (Phi) is 7.21. The van der Waals surface area contributed by atoms with Gasteiger partial charge in [0.15, 0.2) is 11.0 Å². The maximum atomic E-state index is 12.2. The number of thioether (sulfide) groups is 1. The molecule has 0 fully saturated rings. The monoisotopic (exact) mass is 432 g/mol. The second-order valence-electron chi connectivity index (χ2n) is 6.45. The first-order valence-corrected chi connectivity index (χ1v) is 11.2. The molecule has 29 heavy (non-hydrogen) atoms. The third-order valence-electron chi connectivity index (χ3n) is 4.02. The molecule has 10 heteroatoms. The number of amides is 1. The Morgan fingerprint density at radius 3 is 2.55 bits per heavy atom. The Bertz CT molecular complexity index is 965.